The summed E-state index contributed by atoms with van der Waals surface area (Å²) >= 11 is 0. The lowest BCUT2D eigenvalue weighted by atomic mass is 9.53. The van der Waals surface area contributed by atoms with E-state index >= 15 is 0 Å². The molecule has 7 rings (SSSR count). The number of benzene rings is 2. The Labute approximate surface area is 240 Å². The SMILES string of the molecule is Cc1cc(Nc2cc(OCCCNC34CC5CC(CC(C5)C3)C4)cc(C(F)(F)F)c2)c2ccccc2n1.Cl.Cl. The van der Waals surface area contributed by atoms with E-state index in [4.69, 9.17) is 4.74 Å². The number of rotatable bonds is 8. The van der Waals surface area contributed by atoms with Crippen LogP contribution in [0, 0.1) is 24.7 Å². The van der Waals surface area contributed by atoms with Gasteiger partial charge in [-0.25, -0.2) is 0 Å². The fraction of sp³-hybridized carbons (Fsp3) is 0.500. The third-order valence-electron chi connectivity index (χ3n) is 8.49. The van der Waals surface area contributed by atoms with E-state index in [2.05, 4.69) is 15.6 Å². The maximum atomic E-state index is 13.7. The van der Waals surface area contributed by atoms with Gasteiger partial charge in [0.1, 0.15) is 5.75 Å². The Balaban J connectivity index is 0.00000176. The van der Waals surface area contributed by atoms with Gasteiger partial charge in [0.25, 0.3) is 0 Å². The predicted octanol–water partition coefficient (Wildman–Crippen LogP) is 8.48. The number of ether oxygens (including phenoxy) is 1. The van der Waals surface area contributed by atoms with Crippen molar-refractivity contribution in [3.63, 3.8) is 0 Å². The molecule has 0 atom stereocenters. The second-order valence-electron chi connectivity index (χ2n) is 11.5. The topological polar surface area (TPSA) is 46.2 Å². The molecule has 4 bridgehead atoms. The minimum atomic E-state index is -4.47. The summed E-state index contributed by atoms with van der Waals surface area (Å²) in [6.45, 7) is 3.08. The number of nitrogens with zero attached hydrogens (tertiary/aromatic N) is 1. The van der Waals surface area contributed by atoms with Crippen LogP contribution >= 0.6 is 24.8 Å². The van der Waals surface area contributed by atoms with Crippen molar-refractivity contribution in [3.05, 3.63) is 59.8 Å². The molecule has 4 saturated carbocycles. The minimum absolute atomic E-state index is 0. The first kappa shape index (κ1) is 29.8. The summed E-state index contributed by atoms with van der Waals surface area (Å²) < 4.78 is 47.0. The normalized spacial score (nSPS) is 25.2. The van der Waals surface area contributed by atoms with Crippen molar-refractivity contribution in [3.8, 4) is 5.75 Å². The second kappa shape index (κ2) is 11.7. The highest BCUT2D eigenvalue weighted by Gasteiger charge is 2.50. The van der Waals surface area contributed by atoms with Gasteiger partial charge in [-0.15, -0.1) is 24.8 Å². The average Bonchev–Trinajstić information content (AvgIpc) is 2.82. The van der Waals surface area contributed by atoms with Crippen molar-refractivity contribution in [2.24, 2.45) is 17.8 Å². The maximum absolute atomic E-state index is 13.7. The minimum Gasteiger partial charge on any atom is -0.493 e. The Hall–Kier alpha value is -2.22. The molecule has 2 aromatic carbocycles. The van der Waals surface area contributed by atoms with Crippen molar-refractivity contribution in [1.82, 2.24) is 10.3 Å². The quantitative estimate of drug-likeness (QED) is 0.262. The molecule has 0 unspecified atom stereocenters. The average molecular weight is 583 g/mol. The number of para-hydroxylation sites is 1. The molecule has 0 aliphatic heterocycles. The van der Waals surface area contributed by atoms with E-state index in [0.29, 0.717) is 18.0 Å². The molecule has 1 heterocycles. The molecule has 0 saturated heterocycles. The predicted molar refractivity (Wildman–Crippen MR) is 155 cm³/mol. The van der Waals surface area contributed by atoms with Crippen LogP contribution in [0.15, 0.2) is 48.5 Å². The van der Waals surface area contributed by atoms with Gasteiger partial charge in [-0.1, -0.05) is 18.2 Å². The van der Waals surface area contributed by atoms with Crippen molar-refractivity contribution in [2.75, 3.05) is 18.5 Å². The van der Waals surface area contributed by atoms with Gasteiger partial charge in [0, 0.05) is 34.1 Å². The van der Waals surface area contributed by atoms with Crippen LogP contribution in [0.25, 0.3) is 10.9 Å². The van der Waals surface area contributed by atoms with Crippen LogP contribution in [0.3, 0.4) is 0 Å². The summed E-state index contributed by atoms with van der Waals surface area (Å²) in [6, 6.07) is 13.3. The fourth-order valence-corrected chi connectivity index (χ4v) is 7.43. The first-order chi connectivity index (χ1) is 17.7. The Morgan fingerprint density at radius 3 is 2.28 bits per heavy atom. The van der Waals surface area contributed by atoms with E-state index in [1.54, 1.807) is 6.07 Å². The molecule has 1 aromatic heterocycles. The largest absolute Gasteiger partial charge is 0.493 e. The summed E-state index contributed by atoms with van der Waals surface area (Å²) in [4.78, 5) is 4.52. The van der Waals surface area contributed by atoms with E-state index in [-0.39, 0.29) is 36.1 Å². The van der Waals surface area contributed by atoms with Crippen molar-refractivity contribution in [2.45, 2.75) is 63.6 Å². The van der Waals surface area contributed by atoms with Gasteiger partial charge < -0.3 is 15.4 Å². The number of anilines is 2. The molecular weight excluding hydrogens is 546 g/mol. The summed E-state index contributed by atoms with van der Waals surface area (Å²) in [7, 11) is 0. The zero-order valence-electron chi connectivity index (χ0n) is 22.0. The molecule has 0 radical (unpaired) electrons. The van der Waals surface area contributed by atoms with Gasteiger partial charge in [0.2, 0.25) is 0 Å². The maximum Gasteiger partial charge on any atom is 0.416 e. The van der Waals surface area contributed by atoms with Crippen molar-refractivity contribution >= 4 is 47.1 Å². The van der Waals surface area contributed by atoms with Crippen molar-refractivity contribution < 1.29 is 17.9 Å². The molecule has 4 nitrogen and oxygen atoms in total. The number of aromatic nitrogens is 1. The fourth-order valence-electron chi connectivity index (χ4n) is 7.43. The van der Waals surface area contributed by atoms with E-state index in [0.717, 1.165) is 59.4 Å². The third kappa shape index (κ3) is 6.58. The molecule has 4 fully saturated rings. The smallest absolute Gasteiger partial charge is 0.416 e. The van der Waals surface area contributed by atoms with Crippen LogP contribution in [-0.4, -0.2) is 23.7 Å². The highest BCUT2D eigenvalue weighted by atomic mass is 35.5. The third-order valence-corrected chi connectivity index (χ3v) is 8.49. The molecule has 4 aliphatic carbocycles. The van der Waals surface area contributed by atoms with E-state index in [1.165, 1.54) is 38.5 Å². The van der Waals surface area contributed by atoms with E-state index in [1.807, 2.05) is 37.3 Å². The lowest BCUT2D eigenvalue weighted by Gasteiger charge is -2.57. The number of hydrogen-bond acceptors (Lipinski definition) is 4. The van der Waals surface area contributed by atoms with Crippen LogP contribution in [0.2, 0.25) is 0 Å². The van der Waals surface area contributed by atoms with E-state index in [9.17, 15) is 13.2 Å². The molecule has 212 valence electrons. The molecular formula is C30H36Cl2F3N3O. The number of halogens is 5. The first-order valence-corrected chi connectivity index (χ1v) is 13.5. The number of pyridine rings is 1. The standard InChI is InChI=1S/C30H34F3N3O.2ClH/c1-19-9-28(26-5-2-3-6-27(26)35-19)36-24-13-23(30(31,32)33)14-25(15-24)37-8-4-7-34-29-16-20-10-21(17-29)12-22(11-20)18-29;;/h2-3,5-6,9,13-15,20-22,34H,4,7-8,10-12,16-18H2,1H3,(H,35,36);2*1H. The van der Waals surface area contributed by atoms with Gasteiger partial charge in [-0.2, -0.15) is 13.2 Å². The molecule has 39 heavy (non-hydrogen) atoms. The molecule has 3 aromatic rings. The molecule has 0 amide bonds. The number of hydrogen-bond donors (Lipinski definition) is 2. The Morgan fingerprint density at radius 2 is 1.62 bits per heavy atom. The lowest BCUT2D eigenvalue weighted by molar-refractivity contribution is -0.137. The van der Waals surface area contributed by atoms with Gasteiger partial charge in [-0.3, -0.25) is 4.98 Å². The second-order valence-corrected chi connectivity index (χ2v) is 11.5. The number of fused-ring (bicyclic) bond motifs is 1. The lowest BCUT2D eigenvalue weighted by Crippen LogP contribution is -2.58. The summed E-state index contributed by atoms with van der Waals surface area (Å²) in [5.41, 5.74) is 2.19. The highest BCUT2D eigenvalue weighted by molar-refractivity contribution is 5.93. The number of nitrogens with one attached hydrogen (secondary N) is 2. The van der Waals surface area contributed by atoms with Crippen LogP contribution < -0.4 is 15.4 Å². The molecule has 9 heteroatoms. The molecule has 0 spiro atoms. The first-order valence-electron chi connectivity index (χ1n) is 13.5. The Morgan fingerprint density at radius 1 is 0.949 bits per heavy atom. The Bertz CT molecular complexity index is 1260. The highest BCUT2D eigenvalue weighted by Crippen LogP contribution is 2.55. The monoisotopic (exact) mass is 581 g/mol. The van der Waals surface area contributed by atoms with Crippen LogP contribution in [0.1, 0.15) is 56.2 Å². The number of alkyl halides is 3. The van der Waals surface area contributed by atoms with Gasteiger partial charge in [0.15, 0.2) is 0 Å². The zero-order chi connectivity index (χ0) is 25.6. The van der Waals surface area contributed by atoms with Crippen molar-refractivity contribution in [1.29, 1.82) is 0 Å². The number of aryl methyl sites for hydroxylation is 1. The summed E-state index contributed by atoms with van der Waals surface area (Å²) in [5, 5.41) is 7.87. The van der Waals surface area contributed by atoms with Crippen LogP contribution in [0.4, 0.5) is 24.5 Å². The summed E-state index contributed by atoms with van der Waals surface area (Å²) in [6.07, 6.45) is 4.37. The van der Waals surface area contributed by atoms with Gasteiger partial charge in [-0.05, 0) is 100 Å². The van der Waals surface area contributed by atoms with Crippen LogP contribution in [0.5, 0.6) is 5.75 Å². The summed E-state index contributed by atoms with van der Waals surface area (Å²) in [5.74, 6) is 2.87. The van der Waals surface area contributed by atoms with Crippen LogP contribution in [-0.2, 0) is 6.18 Å². The molecule has 4 aliphatic rings. The van der Waals surface area contributed by atoms with E-state index < -0.39 is 11.7 Å². The zero-order valence-corrected chi connectivity index (χ0v) is 23.7. The molecule has 2 N–H and O–H groups in total. The Kier molecular flexibility index (Phi) is 8.94. The van der Waals surface area contributed by atoms with Gasteiger partial charge in [0.05, 0.1) is 17.7 Å². The van der Waals surface area contributed by atoms with Gasteiger partial charge >= 0.3 is 6.18 Å².